The van der Waals surface area contributed by atoms with Crippen LogP contribution in [0.25, 0.3) is 0 Å². The Balaban J connectivity index is 2.04. The number of alkyl halides is 3. The molecule has 40 heavy (non-hydrogen) atoms. The van der Waals surface area contributed by atoms with Crippen molar-refractivity contribution in [3.8, 4) is 0 Å². The van der Waals surface area contributed by atoms with E-state index in [4.69, 9.17) is 11.5 Å². The molecule has 1 aromatic carbocycles. The fourth-order valence-electron chi connectivity index (χ4n) is 4.52. The number of aliphatic hydroxyl groups excluding tert-OH is 2. The molecular formula is C26H38F3N5O6. The summed E-state index contributed by atoms with van der Waals surface area (Å²) in [5, 5.41) is 24.5. The molecular weight excluding hydrogens is 535 g/mol. The Bertz CT molecular complexity index is 1030. The number of aliphatic hydroxyl groups is 2. The molecule has 1 saturated heterocycles. The highest BCUT2D eigenvalue weighted by molar-refractivity contribution is 5.90. The molecule has 0 bridgehead atoms. The first-order valence-electron chi connectivity index (χ1n) is 13.1. The first-order chi connectivity index (χ1) is 18.6. The molecule has 4 amide bonds. The van der Waals surface area contributed by atoms with Gasteiger partial charge in [-0.3, -0.25) is 19.2 Å². The minimum Gasteiger partial charge on any atom is -0.391 e. The number of primary amides is 1. The van der Waals surface area contributed by atoms with Crippen LogP contribution in [0.1, 0.15) is 50.7 Å². The van der Waals surface area contributed by atoms with E-state index in [1.54, 1.807) is 0 Å². The molecule has 0 radical (unpaired) electrons. The standard InChI is InChI=1S/C26H38F3N5O6/c1-14(35)20(30)25(40)34-12-4-6-19(34)24(39)32-11-3-5-17(23(38)33-21(15(2)36)22(31)37)13-16-7-9-18(10-8-16)26(27,28)29/h7-10,14-15,17,19-21,35-36H,3-6,11-13,30H2,1-2H3,(H2,31,37)(H,32,39)(H,33,38)/t14-,15-,17-,19+,20+,21+/m1/s1. The molecule has 0 spiro atoms. The quantitative estimate of drug-likeness (QED) is 0.176. The number of amides is 4. The largest absolute Gasteiger partial charge is 0.416 e. The van der Waals surface area contributed by atoms with Crippen molar-refractivity contribution in [1.82, 2.24) is 15.5 Å². The summed E-state index contributed by atoms with van der Waals surface area (Å²) in [4.78, 5) is 51.3. The average molecular weight is 574 g/mol. The molecule has 224 valence electrons. The highest BCUT2D eigenvalue weighted by atomic mass is 19.4. The summed E-state index contributed by atoms with van der Waals surface area (Å²) in [6, 6.07) is 1.08. The highest BCUT2D eigenvalue weighted by Crippen LogP contribution is 2.29. The van der Waals surface area contributed by atoms with E-state index in [-0.39, 0.29) is 25.8 Å². The van der Waals surface area contributed by atoms with Crippen LogP contribution in [0, 0.1) is 5.92 Å². The number of nitrogens with one attached hydrogen (secondary N) is 2. The van der Waals surface area contributed by atoms with Crippen LogP contribution >= 0.6 is 0 Å². The van der Waals surface area contributed by atoms with Gasteiger partial charge in [-0.25, -0.2) is 0 Å². The van der Waals surface area contributed by atoms with Crippen molar-refractivity contribution in [2.45, 2.75) is 82.5 Å². The number of likely N-dealkylation sites (tertiary alicyclic amines) is 1. The van der Waals surface area contributed by atoms with Gasteiger partial charge in [0.25, 0.3) is 0 Å². The first kappa shape index (κ1) is 33.0. The van der Waals surface area contributed by atoms with Gasteiger partial charge in [0.2, 0.25) is 23.6 Å². The van der Waals surface area contributed by atoms with Crippen molar-refractivity contribution < 1.29 is 42.6 Å². The Morgan fingerprint density at radius 1 is 1.10 bits per heavy atom. The Labute approximate surface area is 230 Å². The third-order valence-electron chi connectivity index (χ3n) is 6.89. The molecule has 1 aromatic rings. The molecule has 8 N–H and O–H groups in total. The third-order valence-corrected chi connectivity index (χ3v) is 6.89. The fraction of sp³-hybridized carbons (Fsp3) is 0.615. The van der Waals surface area contributed by atoms with Gasteiger partial charge in [-0.15, -0.1) is 0 Å². The highest BCUT2D eigenvalue weighted by Gasteiger charge is 2.37. The van der Waals surface area contributed by atoms with Gasteiger partial charge < -0.3 is 37.2 Å². The van der Waals surface area contributed by atoms with Gasteiger partial charge in [0.1, 0.15) is 18.1 Å². The van der Waals surface area contributed by atoms with Crippen LogP contribution in [0.5, 0.6) is 0 Å². The molecule has 1 aliphatic heterocycles. The van der Waals surface area contributed by atoms with Crippen LogP contribution in [-0.4, -0.2) is 82.2 Å². The number of hydrogen-bond acceptors (Lipinski definition) is 7. The molecule has 1 fully saturated rings. The van der Waals surface area contributed by atoms with Gasteiger partial charge in [-0.2, -0.15) is 13.2 Å². The summed E-state index contributed by atoms with van der Waals surface area (Å²) < 4.78 is 38.8. The lowest BCUT2D eigenvalue weighted by atomic mass is 9.92. The molecule has 1 heterocycles. The molecule has 0 saturated carbocycles. The number of carbonyl (C=O) groups is 4. The number of halogens is 3. The van der Waals surface area contributed by atoms with Gasteiger partial charge in [0.05, 0.1) is 17.8 Å². The lowest BCUT2D eigenvalue weighted by Gasteiger charge is -2.27. The molecule has 1 aliphatic rings. The topological polar surface area (TPSA) is 188 Å². The number of nitrogens with zero attached hydrogens (tertiary/aromatic N) is 1. The molecule has 6 atom stereocenters. The van der Waals surface area contributed by atoms with Crippen molar-refractivity contribution in [2.75, 3.05) is 13.1 Å². The van der Waals surface area contributed by atoms with Gasteiger partial charge in [-0.1, -0.05) is 12.1 Å². The lowest BCUT2D eigenvalue weighted by molar-refractivity contribution is -0.141. The molecule has 0 unspecified atom stereocenters. The van der Waals surface area contributed by atoms with Crippen LogP contribution in [0.2, 0.25) is 0 Å². The second-order valence-electron chi connectivity index (χ2n) is 10.1. The van der Waals surface area contributed by atoms with E-state index in [1.807, 2.05) is 0 Å². The van der Waals surface area contributed by atoms with Crippen LogP contribution in [-0.2, 0) is 31.8 Å². The number of rotatable bonds is 13. The van der Waals surface area contributed by atoms with E-state index < -0.39 is 71.6 Å². The SMILES string of the molecule is C[C@@H](O)[C@H](N)C(=O)N1CCC[C@H]1C(=O)NCCC[C@H](Cc1ccc(C(F)(F)F)cc1)C(=O)N[C@H](C(N)=O)[C@@H](C)O. The second-order valence-corrected chi connectivity index (χ2v) is 10.1. The Hall–Kier alpha value is -3.23. The Morgan fingerprint density at radius 3 is 2.25 bits per heavy atom. The molecule has 0 aliphatic carbocycles. The molecule has 0 aromatic heterocycles. The summed E-state index contributed by atoms with van der Waals surface area (Å²) in [6.07, 6.45) is -5.34. The van der Waals surface area contributed by atoms with E-state index >= 15 is 0 Å². The summed E-state index contributed by atoms with van der Waals surface area (Å²) >= 11 is 0. The maximum absolute atomic E-state index is 13.0. The van der Waals surface area contributed by atoms with E-state index in [1.165, 1.54) is 30.9 Å². The molecule has 11 nitrogen and oxygen atoms in total. The number of nitrogens with two attached hydrogens (primary N) is 2. The number of carbonyl (C=O) groups excluding carboxylic acids is 4. The van der Waals surface area contributed by atoms with Gasteiger partial charge in [-0.05, 0) is 63.6 Å². The van der Waals surface area contributed by atoms with Crippen molar-refractivity contribution in [1.29, 1.82) is 0 Å². The van der Waals surface area contributed by atoms with Gasteiger partial charge in [0, 0.05) is 19.0 Å². The van der Waals surface area contributed by atoms with E-state index in [9.17, 15) is 42.6 Å². The normalized spacial score (nSPS) is 19.3. The van der Waals surface area contributed by atoms with Crippen molar-refractivity contribution in [3.63, 3.8) is 0 Å². The van der Waals surface area contributed by atoms with Crippen molar-refractivity contribution in [3.05, 3.63) is 35.4 Å². The maximum Gasteiger partial charge on any atom is 0.416 e. The summed E-state index contributed by atoms with van der Waals surface area (Å²) in [5.74, 6) is -3.33. The van der Waals surface area contributed by atoms with Gasteiger partial charge >= 0.3 is 6.18 Å². The number of benzene rings is 1. The minimum absolute atomic E-state index is 0.0331. The van der Waals surface area contributed by atoms with E-state index in [0.29, 0.717) is 24.9 Å². The van der Waals surface area contributed by atoms with Crippen LogP contribution in [0.15, 0.2) is 24.3 Å². The molecule has 14 heteroatoms. The summed E-state index contributed by atoms with van der Waals surface area (Å²) in [7, 11) is 0. The zero-order valence-corrected chi connectivity index (χ0v) is 22.5. The predicted molar refractivity (Wildman–Crippen MR) is 138 cm³/mol. The first-order valence-corrected chi connectivity index (χ1v) is 13.1. The predicted octanol–water partition coefficient (Wildman–Crippen LogP) is -0.189. The minimum atomic E-state index is -4.51. The Kier molecular flexibility index (Phi) is 11.9. The smallest absolute Gasteiger partial charge is 0.391 e. The van der Waals surface area contributed by atoms with Crippen molar-refractivity contribution in [2.24, 2.45) is 17.4 Å². The second kappa shape index (κ2) is 14.4. The van der Waals surface area contributed by atoms with Crippen LogP contribution < -0.4 is 22.1 Å². The van der Waals surface area contributed by atoms with Crippen molar-refractivity contribution >= 4 is 23.6 Å². The fourth-order valence-corrected chi connectivity index (χ4v) is 4.52. The third kappa shape index (κ3) is 9.17. The average Bonchev–Trinajstić information content (AvgIpc) is 3.37. The van der Waals surface area contributed by atoms with Crippen LogP contribution in [0.4, 0.5) is 13.2 Å². The summed E-state index contributed by atoms with van der Waals surface area (Å²) in [5.41, 5.74) is 10.6. The summed E-state index contributed by atoms with van der Waals surface area (Å²) in [6.45, 7) is 3.13. The zero-order valence-electron chi connectivity index (χ0n) is 22.5. The van der Waals surface area contributed by atoms with E-state index in [2.05, 4.69) is 10.6 Å². The van der Waals surface area contributed by atoms with Gasteiger partial charge in [0.15, 0.2) is 0 Å². The lowest BCUT2D eigenvalue weighted by Crippen LogP contribution is -2.54. The monoisotopic (exact) mass is 573 g/mol. The van der Waals surface area contributed by atoms with Crippen LogP contribution in [0.3, 0.4) is 0 Å². The molecule has 2 rings (SSSR count). The maximum atomic E-state index is 13.0. The number of hydrogen-bond donors (Lipinski definition) is 6. The Morgan fingerprint density at radius 2 is 1.73 bits per heavy atom. The zero-order chi connectivity index (χ0) is 30.2. The van der Waals surface area contributed by atoms with E-state index in [0.717, 1.165) is 12.1 Å².